The van der Waals surface area contributed by atoms with Gasteiger partial charge in [0.2, 0.25) is 0 Å². The zero-order chi connectivity index (χ0) is 20.6. The molecular formula is C25H40N2OS. The van der Waals surface area contributed by atoms with Crippen molar-refractivity contribution in [2.75, 3.05) is 6.61 Å². The first kappa shape index (κ1) is 23.9. The van der Waals surface area contributed by atoms with Crippen molar-refractivity contribution in [2.24, 2.45) is 0 Å². The number of aryl methyl sites for hydroxylation is 1. The number of hydrogen-bond donors (Lipinski definition) is 0. The normalized spacial score (nSPS) is 11.1. The maximum absolute atomic E-state index is 5.90. The summed E-state index contributed by atoms with van der Waals surface area (Å²) in [6.45, 7) is 5.34. The highest BCUT2D eigenvalue weighted by molar-refractivity contribution is 7.14. The van der Waals surface area contributed by atoms with E-state index in [1.165, 1.54) is 77.0 Å². The third-order valence-corrected chi connectivity index (χ3v) is 6.36. The monoisotopic (exact) mass is 416 g/mol. The van der Waals surface area contributed by atoms with Crippen molar-refractivity contribution in [1.29, 1.82) is 0 Å². The first-order valence-electron chi connectivity index (χ1n) is 11.9. The molecule has 29 heavy (non-hydrogen) atoms. The number of benzene rings is 1. The highest BCUT2D eigenvalue weighted by Crippen LogP contribution is 2.26. The Bertz CT molecular complexity index is 639. The Labute approximate surface area is 182 Å². The van der Waals surface area contributed by atoms with Crippen LogP contribution in [0, 0.1) is 0 Å². The first-order chi connectivity index (χ1) is 14.3. The molecule has 0 aliphatic heterocycles. The number of hydrogen-bond acceptors (Lipinski definition) is 4. The SMILES string of the molecule is CCCCCCCCCCOc1ccc(-c2nnc(CCCCCCC)s2)cc1. The number of ether oxygens (including phenoxy) is 1. The number of nitrogens with zero attached hydrogens (tertiary/aromatic N) is 2. The first-order valence-corrected chi connectivity index (χ1v) is 12.7. The van der Waals surface area contributed by atoms with Gasteiger partial charge in [0, 0.05) is 12.0 Å². The van der Waals surface area contributed by atoms with Crippen LogP contribution in [0.25, 0.3) is 10.6 Å². The Morgan fingerprint density at radius 2 is 1.28 bits per heavy atom. The van der Waals surface area contributed by atoms with E-state index in [-0.39, 0.29) is 0 Å². The lowest BCUT2D eigenvalue weighted by Crippen LogP contribution is -1.97. The van der Waals surface area contributed by atoms with Crippen molar-refractivity contribution < 1.29 is 4.74 Å². The molecule has 2 aromatic rings. The quantitative estimate of drug-likeness (QED) is 0.243. The van der Waals surface area contributed by atoms with Gasteiger partial charge in [-0.15, -0.1) is 10.2 Å². The van der Waals surface area contributed by atoms with E-state index < -0.39 is 0 Å². The number of rotatable bonds is 17. The van der Waals surface area contributed by atoms with Gasteiger partial charge in [-0.1, -0.05) is 95.8 Å². The zero-order valence-electron chi connectivity index (χ0n) is 18.6. The molecule has 0 aliphatic carbocycles. The van der Waals surface area contributed by atoms with Crippen molar-refractivity contribution in [3.05, 3.63) is 29.3 Å². The summed E-state index contributed by atoms with van der Waals surface area (Å²) in [4.78, 5) is 0. The molecule has 0 N–H and O–H groups in total. The van der Waals surface area contributed by atoms with E-state index in [0.29, 0.717) is 0 Å². The predicted molar refractivity (Wildman–Crippen MR) is 126 cm³/mol. The Kier molecular flexibility index (Phi) is 12.7. The highest BCUT2D eigenvalue weighted by Gasteiger charge is 2.07. The van der Waals surface area contributed by atoms with Gasteiger partial charge in [-0.2, -0.15) is 0 Å². The Morgan fingerprint density at radius 1 is 0.690 bits per heavy atom. The smallest absolute Gasteiger partial charge is 0.147 e. The fraction of sp³-hybridized carbons (Fsp3) is 0.680. The van der Waals surface area contributed by atoms with Crippen molar-refractivity contribution in [3.8, 4) is 16.3 Å². The third-order valence-electron chi connectivity index (χ3n) is 5.33. The van der Waals surface area contributed by atoms with Gasteiger partial charge in [-0.25, -0.2) is 0 Å². The van der Waals surface area contributed by atoms with Crippen molar-refractivity contribution in [1.82, 2.24) is 10.2 Å². The Hall–Kier alpha value is -1.42. The summed E-state index contributed by atoms with van der Waals surface area (Å²) in [5.41, 5.74) is 1.14. The molecule has 0 spiro atoms. The zero-order valence-corrected chi connectivity index (χ0v) is 19.4. The fourth-order valence-corrected chi connectivity index (χ4v) is 4.36. The largest absolute Gasteiger partial charge is 0.494 e. The van der Waals surface area contributed by atoms with Gasteiger partial charge in [0.1, 0.15) is 15.8 Å². The summed E-state index contributed by atoms with van der Waals surface area (Å²) >= 11 is 1.73. The van der Waals surface area contributed by atoms with Crippen LogP contribution in [0.15, 0.2) is 24.3 Å². The average Bonchev–Trinajstić information content (AvgIpc) is 3.22. The molecule has 0 saturated heterocycles. The molecular weight excluding hydrogens is 376 g/mol. The van der Waals surface area contributed by atoms with Crippen LogP contribution >= 0.6 is 11.3 Å². The second-order valence-electron chi connectivity index (χ2n) is 8.01. The van der Waals surface area contributed by atoms with E-state index in [1.807, 2.05) is 0 Å². The van der Waals surface area contributed by atoms with Gasteiger partial charge < -0.3 is 4.74 Å². The number of aromatic nitrogens is 2. The summed E-state index contributed by atoms with van der Waals surface area (Å²) in [5.74, 6) is 0.956. The van der Waals surface area contributed by atoms with Gasteiger partial charge in [-0.05, 0) is 37.1 Å². The van der Waals surface area contributed by atoms with Crippen molar-refractivity contribution in [2.45, 2.75) is 104 Å². The molecule has 0 aliphatic rings. The second-order valence-corrected chi connectivity index (χ2v) is 9.07. The minimum Gasteiger partial charge on any atom is -0.494 e. The molecule has 0 amide bonds. The van der Waals surface area contributed by atoms with Crippen molar-refractivity contribution in [3.63, 3.8) is 0 Å². The Morgan fingerprint density at radius 3 is 1.93 bits per heavy atom. The van der Waals surface area contributed by atoms with E-state index in [0.717, 1.165) is 40.8 Å². The molecule has 3 nitrogen and oxygen atoms in total. The van der Waals surface area contributed by atoms with Gasteiger partial charge in [-0.3, -0.25) is 0 Å². The van der Waals surface area contributed by atoms with E-state index in [4.69, 9.17) is 4.74 Å². The summed E-state index contributed by atoms with van der Waals surface area (Å²) in [5, 5.41) is 10.9. The van der Waals surface area contributed by atoms with E-state index >= 15 is 0 Å². The average molecular weight is 417 g/mol. The standard InChI is InChI=1S/C25H40N2OS/c1-3-5-7-9-10-11-13-15-21-28-23-19-17-22(18-20-23)25-27-26-24(29-25)16-14-12-8-6-4-2/h17-20H,3-16,21H2,1-2H3. The van der Waals surface area contributed by atoms with Crippen LogP contribution in [0.1, 0.15) is 102 Å². The molecule has 1 aromatic carbocycles. The lowest BCUT2D eigenvalue weighted by Gasteiger charge is -2.06. The minimum absolute atomic E-state index is 0.815. The predicted octanol–water partition coefficient (Wildman–Crippen LogP) is 8.24. The molecule has 0 radical (unpaired) electrons. The van der Waals surface area contributed by atoms with Crippen LogP contribution in [-0.2, 0) is 6.42 Å². The van der Waals surface area contributed by atoms with Gasteiger partial charge in [0.25, 0.3) is 0 Å². The van der Waals surface area contributed by atoms with Crippen molar-refractivity contribution >= 4 is 11.3 Å². The highest BCUT2D eigenvalue weighted by atomic mass is 32.1. The van der Waals surface area contributed by atoms with E-state index in [9.17, 15) is 0 Å². The van der Waals surface area contributed by atoms with Crippen LogP contribution in [0.3, 0.4) is 0 Å². The summed E-state index contributed by atoms with van der Waals surface area (Å²) in [6, 6.07) is 8.33. The topological polar surface area (TPSA) is 35.0 Å². The lowest BCUT2D eigenvalue weighted by atomic mass is 10.1. The molecule has 1 aromatic heterocycles. The molecule has 4 heteroatoms. The van der Waals surface area contributed by atoms with Crippen LogP contribution in [-0.4, -0.2) is 16.8 Å². The third kappa shape index (κ3) is 10.3. The lowest BCUT2D eigenvalue weighted by molar-refractivity contribution is 0.304. The summed E-state index contributed by atoms with van der Waals surface area (Å²) in [6.07, 6.45) is 18.2. The molecule has 0 fully saturated rings. The maximum atomic E-state index is 5.90. The summed E-state index contributed by atoms with van der Waals surface area (Å²) in [7, 11) is 0. The molecule has 0 saturated carbocycles. The number of unbranched alkanes of at least 4 members (excludes halogenated alkanes) is 11. The van der Waals surface area contributed by atoms with Gasteiger partial charge >= 0.3 is 0 Å². The van der Waals surface area contributed by atoms with E-state index in [2.05, 4.69) is 48.3 Å². The summed E-state index contributed by atoms with van der Waals surface area (Å²) < 4.78 is 5.90. The maximum Gasteiger partial charge on any atom is 0.147 e. The minimum atomic E-state index is 0.815. The second kappa shape index (κ2) is 15.4. The van der Waals surface area contributed by atoms with Gasteiger partial charge in [0.15, 0.2) is 0 Å². The fourth-order valence-electron chi connectivity index (χ4n) is 3.47. The molecule has 162 valence electrons. The Balaban J connectivity index is 1.62. The molecule has 2 rings (SSSR count). The molecule has 0 bridgehead atoms. The van der Waals surface area contributed by atoms with Crippen LogP contribution in [0.5, 0.6) is 5.75 Å². The molecule has 0 unspecified atom stereocenters. The molecule has 0 atom stereocenters. The van der Waals surface area contributed by atoms with Gasteiger partial charge in [0.05, 0.1) is 6.61 Å². The molecule has 1 heterocycles. The van der Waals surface area contributed by atoms with E-state index in [1.54, 1.807) is 11.3 Å². The van der Waals surface area contributed by atoms with Crippen LogP contribution in [0.4, 0.5) is 0 Å². The van der Waals surface area contributed by atoms with Crippen LogP contribution < -0.4 is 4.74 Å². The van der Waals surface area contributed by atoms with Crippen LogP contribution in [0.2, 0.25) is 0 Å².